The molecule has 3 heteroatoms. The van der Waals surface area contributed by atoms with Crippen molar-refractivity contribution < 1.29 is 0 Å². The Labute approximate surface area is 123 Å². The molecule has 20 heavy (non-hydrogen) atoms. The van der Waals surface area contributed by atoms with E-state index in [1.54, 1.807) is 4.57 Å². The van der Waals surface area contributed by atoms with Crippen LogP contribution in [0.4, 0.5) is 0 Å². The molecule has 0 spiro atoms. The summed E-state index contributed by atoms with van der Waals surface area (Å²) in [5, 5.41) is 0. The fourth-order valence-electron chi connectivity index (χ4n) is 2.42. The van der Waals surface area contributed by atoms with E-state index in [2.05, 4.69) is 48.5 Å². The van der Waals surface area contributed by atoms with E-state index in [0.717, 1.165) is 36.3 Å². The van der Waals surface area contributed by atoms with Crippen molar-refractivity contribution in [3.8, 4) is 0 Å². The SMILES string of the molecule is CCCCc1nc(C(C)(C)C)c(C(C)(C)C)c(=O)n1C. The fraction of sp³-hybridized carbons (Fsp3) is 0.765. The summed E-state index contributed by atoms with van der Waals surface area (Å²) in [6.07, 6.45) is 3.05. The van der Waals surface area contributed by atoms with E-state index in [4.69, 9.17) is 4.98 Å². The van der Waals surface area contributed by atoms with Gasteiger partial charge in [-0.15, -0.1) is 0 Å². The van der Waals surface area contributed by atoms with Gasteiger partial charge in [0.1, 0.15) is 5.82 Å². The normalized spacial score (nSPS) is 12.8. The predicted octanol–water partition coefficient (Wildman–Crippen LogP) is 3.72. The standard InChI is InChI=1S/C17H30N2O/c1-9-10-11-12-18-14(17(5,6)7)13(16(2,3)4)15(20)19(12)8/h9-11H2,1-8H3. The highest BCUT2D eigenvalue weighted by atomic mass is 16.1. The predicted molar refractivity (Wildman–Crippen MR) is 85.5 cm³/mol. The largest absolute Gasteiger partial charge is 0.300 e. The summed E-state index contributed by atoms with van der Waals surface area (Å²) in [5.74, 6) is 0.912. The molecule has 1 aromatic rings. The summed E-state index contributed by atoms with van der Waals surface area (Å²) in [5.41, 5.74) is 1.63. The first kappa shape index (κ1) is 16.9. The van der Waals surface area contributed by atoms with Gasteiger partial charge in [-0.05, 0) is 11.8 Å². The van der Waals surface area contributed by atoms with Crippen molar-refractivity contribution in [2.75, 3.05) is 0 Å². The number of unbranched alkanes of at least 4 members (excludes halogenated alkanes) is 1. The molecule has 0 N–H and O–H groups in total. The zero-order valence-corrected chi connectivity index (χ0v) is 14.4. The molecule has 0 amide bonds. The van der Waals surface area contributed by atoms with Gasteiger partial charge in [0.25, 0.3) is 5.56 Å². The summed E-state index contributed by atoms with van der Waals surface area (Å²) < 4.78 is 1.74. The Bertz CT molecular complexity index is 528. The lowest BCUT2D eigenvalue weighted by Crippen LogP contribution is -2.37. The minimum atomic E-state index is -0.187. The van der Waals surface area contributed by atoms with Crippen molar-refractivity contribution in [3.63, 3.8) is 0 Å². The summed E-state index contributed by atoms with van der Waals surface area (Å²) >= 11 is 0. The van der Waals surface area contributed by atoms with Crippen molar-refractivity contribution in [2.24, 2.45) is 7.05 Å². The minimum absolute atomic E-state index is 0.114. The first-order chi connectivity index (χ1) is 9.00. The molecule has 1 aromatic heterocycles. The first-order valence-electron chi connectivity index (χ1n) is 7.61. The van der Waals surface area contributed by atoms with Crippen LogP contribution in [0.3, 0.4) is 0 Å². The molecule has 0 saturated carbocycles. The fourth-order valence-corrected chi connectivity index (χ4v) is 2.42. The number of aryl methyl sites for hydroxylation is 1. The van der Waals surface area contributed by atoms with Crippen LogP contribution in [0, 0.1) is 0 Å². The van der Waals surface area contributed by atoms with Gasteiger partial charge >= 0.3 is 0 Å². The lowest BCUT2D eigenvalue weighted by Gasteiger charge is -2.29. The molecular weight excluding hydrogens is 248 g/mol. The van der Waals surface area contributed by atoms with E-state index in [0.29, 0.717) is 0 Å². The van der Waals surface area contributed by atoms with E-state index in [9.17, 15) is 4.79 Å². The van der Waals surface area contributed by atoms with Crippen molar-refractivity contribution >= 4 is 0 Å². The molecule has 0 aliphatic heterocycles. The van der Waals surface area contributed by atoms with Gasteiger partial charge in [0.2, 0.25) is 0 Å². The monoisotopic (exact) mass is 278 g/mol. The van der Waals surface area contributed by atoms with Gasteiger partial charge in [0.05, 0.1) is 5.69 Å². The number of hydrogen-bond donors (Lipinski definition) is 0. The van der Waals surface area contributed by atoms with Crippen LogP contribution in [0.25, 0.3) is 0 Å². The van der Waals surface area contributed by atoms with Crippen molar-refractivity contribution in [2.45, 2.75) is 78.6 Å². The topological polar surface area (TPSA) is 34.9 Å². The second-order valence-corrected chi connectivity index (χ2v) is 7.72. The summed E-state index contributed by atoms with van der Waals surface area (Å²) in [4.78, 5) is 17.7. The molecule has 0 bridgehead atoms. The first-order valence-corrected chi connectivity index (χ1v) is 7.61. The van der Waals surface area contributed by atoms with Gasteiger partial charge in [-0.1, -0.05) is 54.9 Å². The van der Waals surface area contributed by atoms with Crippen LogP contribution in [0.5, 0.6) is 0 Å². The maximum Gasteiger partial charge on any atom is 0.257 e. The molecule has 0 radical (unpaired) electrons. The highest BCUT2D eigenvalue weighted by Gasteiger charge is 2.31. The van der Waals surface area contributed by atoms with Crippen molar-refractivity contribution in [3.05, 3.63) is 27.4 Å². The lowest BCUT2D eigenvalue weighted by molar-refractivity contribution is 0.487. The van der Waals surface area contributed by atoms with E-state index < -0.39 is 0 Å². The molecule has 3 nitrogen and oxygen atoms in total. The minimum Gasteiger partial charge on any atom is -0.300 e. The third-order valence-corrected chi connectivity index (χ3v) is 3.60. The maximum absolute atomic E-state index is 12.8. The number of rotatable bonds is 3. The summed E-state index contributed by atoms with van der Waals surface area (Å²) in [7, 11) is 1.85. The average Bonchev–Trinajstić information content (AvgIpc) is 2.27. The average molecular weight is 278 g/mol. The molecule has 0 aromatic carbocycles. The second-order valence-electron chi connectivity index (χ2n) is 7.72. The van der Waals surface area contributed by atoms with Crippen LogP contribution < -0.4 is 5.56 Å². The van der Waals surface area contributed by atoms with E-state index in [1.807, 2.05) is 7.05 Å². The zero-order chi connectivity index (χ0) is 15.7. The summed E-state index contributed by atoms with van der Waals surface area (Å²) in [6.45, 7) is 14.8. The van der Waals surface area contributed by atoms with Gasteiger partial charge < -0.3 is 0 Å². The molecule has 1 rings (SSSR count). The highest BCUT2D eigenvalue weighted by Crippen LogP contribution is 2.30. The van der Waals surface area contributed by atoms with Crippen LogP contribution >= 0.6 is 0 Å². The van der Waals surface area contributed by atoms with Gasteiger partial charge in [0.15, 0.2) is 0 Å². The lowest BCUT2D eigenvalue weighted by atomic mass is 9.79. The molecule has 0 unspecified atom stereocenters. The van der Waals surface area contributed by atoms with E-state index >= 15 is 0 Å². The van der Waals surface area contributed by atoms with Crippen LogP contribution in [0.15, 0.2) is 4.79 Å². The third kappa shape index (κ3) is 3.50. The Balaban J connectivity index is 3.62. The number of hydrogen-bond acceptors (Lipinski definition) is 2. The van der Waals surface area contributed by atoms with Gasteiger partial charge in [-0.3, -0.25) is 9.36 Å². The molecule has 0 atom stereocenters. The van der Waals surface area contributed by atoms with Gasteiger partial charge in [0, 0.05) is 24.4 Å². The molecular formula is C17H30N2O. The highest BCUT2D eigenvalue weighted by molar-refractivity contribution is 5.31. The van der Waals surface area contributed by atoms with Crippen LogP contribution in [0.2, 0.25) is 0 Å². The molecule has 0 saturated heterocycles. The summed E-state index contributed by atoms with van der Waals surface area (Å²) in [6, 6.07) is 0. The van der Waals surface area contributed by atoms with E-state index in [1.165, 1.54) is 0 Å². The molecule has 114 valence electrons. The quantitative estimate of drug-likeness (QED) is 0.844. The Morgan fingerprint density at radius 1 is 1.05 bits per heavy atom. The maximum atomic E-state index is 12.8. The third-order valence-electron chi connectivity index (χ3n) is 3.60. The second kappa shape index (κ2) is 5.71. The van der Waals surface area contributed by atoms with Crippen LogP contribution in [0.1, 0.15) is 78.4 Å². The van der Waals surface area contributed by atoms with Gasteiger partial charge in [-0.25, -0.2) is 4.98 Å². The number of aromatic nitrogens is 2. The van der Waals surface area contributed by atoms with Crippen molar-refractivity contribution in [1.29, 1.82) is 0 Å². The smallest absolute Gasteiger partial charge is 0.257 e. The Morgan fingerprint density at radius 2 is 1.60 bits per heavy atom. The van der Waals surface area contributed by atoms with Crippen LogP contribution in [-0.2, 0) is 24.3 Å². The Hall–Kier alpha value is -1.12. The Morgan fingerprint density at radius 3 is 2.00 bits per heavy atom. The molecule has 0 aliphatic carbocycles. The van der Waals surface area contributed by atoms with Crippen molar-refractivity contribution in [1.82, 2.24) is 9.55 Å². The molecule has 0 fully saturated rings. The van der Waals surface area contributed by atoms with E-state index in [-0.39, 0.29) is 16.4 Å². The molecule has 1 heterocycles. The zero-order valence-electron chi connectivity index (χ0n) is 14.4. The van der Waals surface area contributed by atoms with Crippen LogP contribution in [-0.4, -0.2) is 9.55 Å². The van der Waals surface area contributed by atoms with Gasteiger partial charge in [-0.2, -0.15) is 0 Å². The number of nitrogens with zero attached hydrogens (tertiary/aromatic N) is 2. The Kier molecular flexibility index (Phi) is 4.83. The molecule has 0 aliphatic rings.